The summed E-state index contributed by atoms with van der Waals surface area (Å²) >= 11 is 0. The number of ether oxygens (including phenoxy) is 3. The fourth-order valence-corrected chi connectivity index (χ4v) is 3.70. The first-order valence-corrected chi connectivity index (χ1v) is 10.3. The standard InChI is InChI=1S/C26H21FN2O5/c1-32-21-13-12-18(27)15-20(21)16-8-7-9-17(14-16)23-22(25(30)33-2)24(26(31)34-3)29(28-23)19-10-5-4-6-11-19/h4-15H,1-3H3. The highest BCUT2D eigenvalue weighted by molar-refractivity contribution is 6.07. The Kier molecular flexibility index (Phi) is 6.40. The number of methoxy groups -OCH3 is 3. The van der Waals surface area contributed by atoms with Crippen LogP contribution in [0.25, 0.3) is 28.1 Å². The Balaban J connectivity index is 1.98. The van der Waals surface area contributed by atoms with Gasteiger partial charge in [-0.2, -0.15) is 5.10 Å². The predicted molar refractivity (Wildman–Crippen MR) is 124 cm³/mol. The van der Waals surface area contributed by atoms with Crippen molar-refractivity contribution in [3.8, 4) is 33.8 Å². The molecule has 4 aromatic rings. The molecule has 1 heterocycles. The quantitative estimate of drug-likeness (QED) is 0.380. The molecule has 0 atom stereocenters. The monoisotopic (exact) mass is 460 g/mol. The van der Waals surface area contributed by atoms with Gasteiger partial charge in [-0.05, 0) is 42.0 Å². The van der Waals surface area contributed by atoms with Crippen LogP contribution in [0.2, 0.25) is 0 Å². The Morgan fingerprint density at radius 2 is 1.53 bits per heavy atom. The number of carbonyl (C=O) groups excluding carboxylic acids is 2. The molecule has 172 valence electrons. The first-order valence-electron chi connectivity index (χ1n) is 10.3. The van der Waals surface area contributed by atoms with Gasteiger partial charge in [0, 0.05) is 11.1 Å². The fraction of sp³-hybridized carbons (Fsp3) is 0.115. The number of para-hydroxylation sites is 1. The number of benzene rings is 3. The summed E-state index contributed by atoms with van der Waals surface area (Å²) in [5.41, 5.74) is 2.35. The van der Waals surface area contributed by atoms with Gasteiger partial charge >= 0.3 is 11.9 Å². The molecule has 0 bridgehead atoms. The van der Waals surface area contributed by atoms with E-state index in [2.05, 4.69) is 5.10 Å². The van der Waals surface area contributed by atoms with Crippen molar-refractivity contribution in [1.29, 1.82) is 0 Å². The number of carbonyl (C=O) groups is 2. The van der Waals surface area contributed by atoms with Crippen LogP contribution in [0, 0.1) is 5.82 Å². The molecule has 7 nitrogen and oxygen atoms in total. The second-order valence-corrected chi connectivity index (χ2v) is 7.23. The van der Waals surface area contributed by atoms with Gasteiger partial charge in [0.25, 0.3) is 0 Å². The lowest BCUT2D eigenvalue weighted by molar-refractivity contribution is 0.0549. The van der Waals surface area contributed by atoms with E-state index < -0.39 is 17.8 Å². The molecular weight excluding hydrogens is 439 g/mol. The van der Waals surface area contributed by atoms with Gasteiger partial charge in [0.1, 0.15) is 22.8 Å². The van der Waals surface area contributed by atoms with E-state index in [0.29, 0.717) is 28.1 Å². The first-order chi connectivity index (χ1) is 16.5. The number of aromatic nitrogens is 2. The zero-order valence-electron chi connectivity index (χ0n) is 18.7. The van der Waals surface area contributed by atoms with Crippen LogP contribution in [0.5, 0.6) is 5.75 Å². The number of halogens is 1. The largest absolute Gasteiger partial charge is 0.496 e. The maximum Gasteiger partial charge on any atom is 0.357 e. The molecule has 3 aromatic carbocycles. The molecule has 0 saturated carbocycles. The van der Waals surface area contributed by atoms with E-state index in [0.717, 1.165) is 0 Å². The van der Waals surface area contributed by atoms with Crippen molar-refractivity contribution in [2.45, 2.75) is 0 Å². The van der Waals surface area contributed by atoms with E-state index in [9.17, 15) is 14.0 Å². The van der Waals surface area contributed by atoms with Gasteiger partial charge in [-0.25, -0.2) is 18.7 Å². The summed E-state index contributed by atoms with van der Waals surface area (Å²) in [6.45, 7) is 0. The van der Waals surface area contributed by atoms with E-state index >= 15 is 0 Å². The van der Waals surface area contributed by atoms with Crippen LogP contribution in [0.1, 0.15) is 20.8 Å². The second-order valence-electron chi connectivity index (χ2n) is 7.23. The van der Waals surface area contributed by atoms with Crippen LogP contribution in [-0.4, -0.2) is 43.0 Å². The highest BCUT2D eigenvalue weighted by Crippen LogP contribution is 2.35. The number of rotatable bonds is 6. The molecule has 0 saturated heterocycles. The SMILES string of the molecule is COC(=O)c1c(-c2cccc(-c3cc(F)ccc3OC)c2)nn(-c2ccccc2)c1C(=O)OC. The maximum absolute atomic E-state index is 14.0. The van der Waals surface area contributed by atoms with Crippen molar-refractivity contribution in [2.75, 3.05) is 21.3 Å². The summed E-state index contributed by atoms with van der Waals surface area (Å²) in [4.78, 5) is 25.6. The van der Waals surface area contributed by atoms with Crippen molar-refractivity contribution in [2.24, 2.45) is 0 Å². The molecule has 8 heteroatoms. The molecule has 0 aliphatic rings. The van der Waals surface area contributed by atoms with Crippen molar-refractivity contribution >= 4 is 11.9 Å². The minimum atomic E-state index is -0.744. The molecule has 0 aliphatic heterocycles. The molecule has 0 amide bonds. The summed E-state index contributed by atoms with van der Waals surface area (Å²) < 4.78 is 30.7. The number of esters is 2. The third kappa shape index (κ3) is 4.13. The van der Waals surface area contributed by atoms with Gasteiger partial charge < -0.3 is 14.2 Å². The number of hydrogen-bond donors (Lipinski definition) is 0. The van der Waals surface area contributed by atoms with Gasteiger partial charge in [0.2, 0.25) is 0 Å². The third-order valence-electron chi connectivity index (χ3n) is 5.26. The third-order valence-corrected chi connectivity index (χ3v) is 5.26. The van der Waals surface area contributed by atoms with Gasteiger partial charge in [0.15, 0.2) is 5.69 Å². The van der Waals surface area contributed by atoms with Gasteiger partial charge in [0.05, 0.1) is 27.0 Å². The maximum atomic E-state index is 14.0. The Bertz CT molecular complexity index is 1370. The molecular formula is C26H21FN2O5. The van der Waals surface area contributed by atoms with E-state index in [4.69, 9.17) is 14.2 Å². The molecule has 34 heavy (non-hydrogen) atoms. The number of nitrogens with zero attached hydrogens (tertiary/aromatic N) is 2. The normalized spacial score (nSPS) is 10.6. The van der Waals surface area contributed by atoms with Gasteiger partial charge in [-0.1, -0.05) is 36.4 Å². The summed E-state index contributed by atoms with van der Waals surface area (Å²) in [5, 5.41) is 4.59. The second kappa shape index (κ2) is 9.58. The molecule has 0 radical (unpaired) electrons. The van der Waals surface area contributed by atoms with Gasteiger partial charge in [-0.15, -0.1) is 0 Å². The van der Waals surface area contributed by atoms with Crippen LogP contribution in [0.3, 0.4) is 0 Å². The molecule has 0 N–H and O–H groups in total. The van der Waals surface area contributed by atoms with E-state index in [1.807, 2.05) is 6.07 Å². The predicted octanol–water partition coefficient (Wildman–Crippen LogP) is 4.93. The van der Waals surface area contributed by atoms with Crippen LogP contribution in [0.4, 0.5) is 4.39 Å². The molecule has 0 unspecified atom stereocenters. The summed E-state index contributed by atoms with van der Waals surface area (Å²) in [5.74, 6) is -1.42. The van der Waals surface area contributed by atoms with Crippen molar-refractivity contribution in [1.82, 2.24) is 9.78 Å². The minimum Gasteiger partial charge on any atom is -0.496 e. The Labute approximate surface area is 195 Å². The highest BCUT2D eigenvalue weighted by atomic mass is 19.1. The Morgan fingerprint density at radius 1 is 0.824 bits per heavy atom. The van der Waals surface area contributed by atoms with E-state index in [1.165, 1.54) is 44.2 Å². The first kappa shape index (κ1) is 22.7. The van der Waals surface area contributed by atoms with Crippen molar-refractivity contribution < 1.29 is 28.2 Å². The zero-order valence-corrected chi connectivity index (χ0v) is 18.7. The molecule has 0 spiro atoms. The average molecular weight is 460 g/mol. The highest BCUT2D eigenvalue weighted by Gasteiger charge is 2.31. The molecule has 0 aliphatic carbocycles. The van der Waals surface area contributed by atoms with Crippen LogP contribution in [0.15, 0.2) is 72.8 Å². The lowest BCUT2D eigenvalue weighted by Gasteiger charge is -2.10. The van der Waals surface area contributed by atoms with Crippen molar-refractivity contribution in [3.63, 3.8) is 0 Å². The minimum absolute atomic E-state index is 0.0402. The van der Waals surface area contributed by atoms with Crippen LogP contribution < -0.4 is 4.74 Å². The summed E-state index contributed by atoms with van der Waals surface area (Å²) in [6.07, 6.45) is 0. The zero-order chi connectivity index (χ0) is 24.2. The molecule has 4 rings (SSSR count). The Hall–Kier alpha value is -4.46. The lowest BCUT2D eigenvalue weighted by Crippen LogP contribution is -2.15. The number of hydrogen-bond acceptors (Lipinski definition) is 6. The fourth-order valence-electron chi connectivity index (χ4n) is 3.70. The topological polar surface area (TPSA) is 79.7 Å². The van der Waals surface area contributed by atoms with E-state index in [1.54, 1.807) is 48.5 Å². The van der Waals surface area contributed by atoms with Crippen molar-refractivity contribution in [3.05, 3.63) is 89.9 Å². The Morgan fingerprint density at radius 3 is 2.21 bits per heavy atom. The van der Waals surface area contributed by atoms with Crippen LogP contribution >= 0.6 is 0 Å². The van der Waals surface area contributed by atoms with Gasteiger partial charge in [-0.3, -0.25) is 0 Å². The lowest BCUT2D eigenvalue weighted by atomic mass is 9.98. The van der Waals surface area contributed by atoms with Crippen LogP contribution in [-0.2, 0) is 9.47 Å². The molecule has 0 fully saturated rings. The average Bonchev–Trinajstić information content (AvgIpc) is 3.29. The smallest absolute Gasteiger partial charge is 0.357 e. The summed E-state index contributed by atoms with van der Waals surface area (Å²) in [6, 6.07) is 20.1. The summed E-state index contributed by atoms with van der Waals surface area (Å²) in [7, 11) is 3.95. The molecule has 1 aromatic heterocycles. The van der Waals surface area contributed by atoms with E-state index in [-0.39, 0.29) is 17.0 Å².